The number of hydrazone groups is 1. The number of non-ortho nitro benzene ring substituents is 1. The van der Waals surface area contributed by atoms with E-state index in [4.69, 9.17) is 11.6 Å². The van der Waals surface area contributed by atoms with Crippen LogP contribution >= 0.6 is 11.6 Å². The average Bonchev–Trinajstić information content (AvgIpc) is 3.28. The highest BCUT2D eigenvalue weighted by Gasteiger charge is 2.64. The van der Waals surface area contributed by atoms with Crippen LogP contribution in [0.1, 0.15) is 5.56 Å². The van der Waals surface area contributed by atoms with Crippen molar-refractivity contribution in [2.75, 3.05) is 10.2 Å². The minimum Gasteiger partial charge on any atom is -0.324 e. The van der Waals surface area contributed by atoms with Gasteiger partial charge in [-0.05, 0) is 42.8 Å². The highest BCUT2D eigenvalue weighted by Crippen LogP contribution is 2.46. The van der Waals surface area contributed by atoms with Crippen molar-refractivity contribution < 1.29 is 19.3 Å². The molecule has 0 aromatic heterocycles. The van der Waals surface area contributed by atoms with Crippen molar-refractivity contribution in [1.82, 2.24) is 5.01 Å². The van der Waals surface area contributed by atoms with Gasteiger partial charge in [-0.15, -0.1) is 0 Å². The Morgan fingerprint density at radius 1 is 1.12 bits per heavy atom. The molecule has 2 saturated heterocycles. The second kappa shape index (κ2) is 8.07. The maximum atomic E-state index is 13.6. The number of nitrogens with one attached hydrogen (secondary N) is 1. The van der Waals surface area contributed by atoms with E-state index in [1.807, 2.05) is 0 Å². The van der Waals surface area contributed by atoms with Crippen LogP contribution in [0.15, 0.2) is 59.7 Å². The molecule has 172 valence electrons. The fourth-order valence-electron chi connectivity index (χ4n) is 4.78. The highest BCUT2D eigenvalue weighted by atomic mass is 35.5. The Hall–Kier alpha value is -4.05. The summed E-state index contributed by atoms with van der Waals surface area (Å²) in [4.78, 5) is 52.2. The number of fused-ring (bicyclic) bond motifs is 3. The molecule has 0 bridgehead atoms. The van der Waals surface area contributed by atoms with E-state index in [-0.39, 0.29) is 11.4 Å². The Bertz CT molecular complexity index is 1290. The van der Waals surface area contributed by atoms with Crippen molar-refractivity contribution in [3.8, 4) is 0 Å². The normalized spacial score (nSPS) is 24.9. The van der Waals surface area contributed by atoms with Crippen molar-refractivity contribution in [2.45, 2.75) is 19.0 Å². The topological polar surface area (TPSA) is 125 Å². The van der Waals surface area contributed by atoms with Crippen molar-refractivity contribution >= 4 is 52.6 Å². The number of hydrogen-bond donors (Lipinski definition) is 1. The van der Waals surface area contributed by atoms with Crippen molar-refractivity contribution in [2.24, 2.45) is 16.9 Å². The largest absolute Gasteiger partial charge is 0.324 e. The fourth-order valence-corrected chi connectivity index (χ4v) is 4.90. The molecule has 34 heavy (non-hydrogen) atoms. The molecule has 2 aromatic carbocycles. The van der Waals surface area contributed by atoms with Gasteiger partial charge in [0.2, 0.25) is 17.7 Å². The van der Waals surface area contributed by atoms with E-state index in [9.17, 15) is 24.5 Å². The summed E-state index contributed by atoms with van der Waals surface area (Å²) in [5.41, 5.74) is 0.918. The van der Waals surface area contributed by atoms with Gasteiger partial charge in [-0.3, -0.25) is 29.5 Å². The number of benzene rings is 2. The predicted octanol–water partition coefficient (Wildman–Crippen LogP) is 2.91. The molecule has 0 saturated carbocycles. The Morgan fingerprint density at radius 3 is 2.53 bits per heavy atom. The molecule has 3 amide bonds. The van der Waals surface area contributed by atoms with Gasteiger partial charge in [-0.2, -0.15) is 5.10 Å². The fraction of sp³-hybridized carbons (Fsp3) is 0.217. The first-order chi connectivity index (χ1) is 16.3. The molecule has 0 spiro atoms. The van der Waals surface area contributed by atoms with Crippen LogP contribution in [-0.2, 0) is 14.4 Å². The molecule has 0 unspecified atom stereocenters. The summed E-state index contributed by atoms with van der Waals surface area (Å²) in [5, 5.41) is 20.3. The Balaban J connectivity index is 1.53. The molecule has 1 N–H and O–H groups in total. The van der Waals surface area contributed by atoms with E-state index in [1.165, 1.54) is 29.4 Å². The number of anilines is 2. The van der Waals surface area contributed by atoms with Gasteiger partial charge in [0.1, 0.15) is 6.04 Å². The lowest BCUT2D eigenvalue weighted by Crippen LogP contribution is -2.47. The van der Waals surface area contributed by atoms with Crippen LogP contribution in [0.3, 0.4) is 0 Å². The number of hydrogen-bond acceptors (Lipinski definition) is 7. The number of allylic oxidation sites excluding steroid dienone is 1. The van der Waals surface area contributed by atoms with E-state index in [0.717, 1.165) is 4.90 Å². The number of halogens is 1. The number of carbonyl (C=O) groups excluding carboxylic acids is 3. The Labute approximate surface area is 198 Å². The molecule has 3 aliphatic rings. The lowest BCUT2D eigenvalue weighted by Gasteiger charge is -2.30. The van der Waals surface area contributed by atoms with Crippen molar-refractivity contribution in [3.05, 3.63) is 75.3 Å². The SMILES string of the molecule is Cc1ccc([N+](=O)[O-])cc1N1C(=O)[C@@H]2[C@H](C1=O)[C@@H](C(=O)Nc1ccc(Cl)cc1)N1N=CC=C[C@@H]21. The van der Waals surface area contributed by atoms with Gasteiger partial charge < -0.3 is 5.32 Å². The molecule has 3 aliphatic heterocycles. The zero-order valence-corrected chi connectivity index (χ0v) is 18.5. The minimum absolute atomic E-state index is 0.144. The molecule has 10 nitrogen and oxygen atoms in total. The number of aryl methyl sites for hydroxylation is 1. The number of carbonyl (C=O) groups is 3. The van der Waals surface area contributed by atoms with E-state index in [0.29, 0.717) is 16.3 Å². The molecular weight excluding hydrogens is 462 g/mol. The third-order valence-electron chi connectivity index (χ3n) is 6.32. The molecule has 5 rings (SSSR count). The van der Waals surface area contributed by atoms with Gasteiger partial charge >= 0.3 is 0 Å². The van der Waals surface area contributed by atoms with Gasteiger partial charge in [0.15, 0.2) is 0 Å². The van der Waals surface area contributed by atoms with E-state index >= 15 is 0 Å². The van der Waals surface area contributed by atoms with Crippen LogP contribution in [0.4, 0.5) is 17.1 Å². The van der Waals surface area contributed by atoms with E-state index in [1.54, 1.807) is 43.3 Å². The maximum absolute atomic E-state index is 13.6. The summed E-state index contributed by atoms with van der Waals surface area (Å²) in [6.45, 7) is 1.66. The van der Waals surface area contributed by atoms with Gasteiger partial charge in [0, 0.05) is 29.1 Å². The van der Waals surface area contributed by atoms with Crippen LogP contribution in [0.2, 0.25) is 5.02 Å². The Morgan fingerprint density at radius 2 is 1.82 bits per heavy atom. The predicted molar refractivity (Wildman–Crippen MR) is 124 cm³/mol. The van der Waals surface area contributed by atoms with Crippen molar-refractivity contribution in [1.29, 1.82) is 0 Å². The van der Waals surface area contributed by atoms with Crippen LogP contribution in [-0.4, -0.2) is 46.0 Å². The van der Waals surface area contributed by atoms with E-state index in [2.05, 4.69) is 10.4 Å². The van der Waals surface area contributed by atoms with Gasteiger partial charge in [0.25, 0.3) is 5.69 Å². The first-order valence-electron chi connectivity index (χ1n) is 10.5. The highest BCUT2D eigenvalue weighted by molar-refractivity contribution is 6.30. The zero-order valence-electron chi connectivity index (χ0n) is 17.8. The Kier molecular flexibility index (Phi) is 5.17. The third kappa shape index (κ3) is 3.34. The first-order valence-corrected chi connectivity index (χ1v) is 10.8. The van der Waals surface area contributed by atoms with Crippen LogP contribution < -0.4 is 10.2 Å². The molecule has 2 aromatic rings. The molecule has 4 atom stereocenters. The summed E-state index contributed by atoms with van der Waals surface area (Å²) in [6.07, 6.45) is 4.89. The molecule has 2 fully saturated rings. The van der Waals surface area contributed by atoms with Gasteiger partial charge in [0.05, 0.1) is 28.5 Å². The molecule has 0 radical (unpaired) electrons. The number of nitro benzene ring substituents is 1. The van der Waals surface area contributed by atoms with E-state index < -0.39 is 46.6 Å². The minimum atomic E-state index is -1.05. The van der Waals surface area contributed by atoms with Gasteiger partial charge in [-0.1, -0.05) is 23.7 Å². The van der Waals surface area contributed by atoms with Crippen LogP contribution in [0.5, 0.6) is 0 Å². The monoisotopic (exact) mass is 479 g/mol. The van der Waals surface area contributed by atoms with Crippen molar-refractivity contribution in [3.63, 3.8) is 0 Å². The smallest absolute Gasteiger partial charge is 0.271 e. The average molecular weight is 480 g/mol. The standard InChI is InChI=1S/C23H18ClN5O5/c1-12-4-9-15(29(33)34)11-17(12)27-22(31)18-16-3-2-10-25-28(16)20(19(18)23(27)32)21(30)26-14-7-5-13(24)6-8-14/h2-11,16,18-20H,1H3,(H,26,30)/t16-,18-,19-,20-/m0/s1. The lowest BCUT2D eigenvalue weighted by atomic mass is 9.88. The number of nitrogens with zero attached hydrogens (tertiary/aromatic N) is 4. The summed E-state index contributed by atoms with van der Waals surface area (Å²) in [5.74, 6) is -3.47. The summed E-state index contributed by atoms with van der Waals surface area (Å²) < 4.78 is 0. The summed E-state index contributed by atoms with van der Waals surface area (Å²) >= 11 is 5.91. The van der Waals surface area contributed by atoms with Crippen LogP contribution in [0, 0.1) is 28.9 Å². The summed E-state index contributed by atoms with van der Waals surface area (Å²) in [7, 11) is 0. The molecular formula is C23H18ClN5O5. The van der Waals surface area contributed by atoms with Crippen LogP contribution in [0.25, 0.3) is 0 Å². The molecule has 11 heteroatoms. The number of imide groups is 1. The zero-order chi connectivity index (χ0) is 24.1. The maximum Gasteiger partial charge on any atom is 0.271 e. The number of rotatable bonds is 4. The lowest BCUT2D eigenvalue weighted by molar-refractivity contribution is -0.384. The third-order valence-corrected chi connectivity index (χ3v) is 6.57. The molecule has 0 aliphatic carbocycles. The molecule has 3 heterocycles. The number of nitro groups is 1. The first kappa shape index (κ1) is 21.8. The van der Waals surface area contributed by atoms with Gasteiger partial charge in [-0.25, -0.2) is 4.90 Å². The second-order valence-electron chi connectivity index (χ2n) is 8.25. The quantitative estimate of drug-likeness (QED) is 0.408. The second-order valence-corrected chi connectivity index (χ2v) is 8.69. The number of amides is 3. The summed E-state index contributed by atoms with van der Waals surface area (Å²) in [6, 6.07) is 8.86.